The number of aromatic nitrogens is 2. The standard InChI is InChI=1S/C25H26N4O2S/c1-4-18-14-32-25-27-22(21-7-5-6-12-26-21)23(29(18)25)20-13-15(2)28(16(20)3)19-10-8-17(9-11-19)24(30)31/h5-13,18,22-23H,4,14H2,1-3H3,(H,30,31)/t18-,22+,23+/m0/s1. The Morgan fingerprint density at radius 2 is 1.97 bits per heavy atom. The van der Waals surface area contributed by atoms with Crippen LogP contribution in [0.4, 0.5) is 0 Å². The highest BCUT2D eigenvalue weighted by Crippen LogP contribution is 2.49. The fourth-order valence-electron chi connectivity index (χ4n) is 4.92. The molecule has 32 heavy (non-hydrogen) atoms. The molecule has 164 valence electrons. The molecule has 1 aromatic carbocycles. The zero-order valence-corrected chi connectivity index (χ0v) is 19.2. The lowest BCUT2D eigenvalue weighted by Gasteiger charge is -2.32. The summed E-state index contributed by atoms with van der Waals surface area (Å²) in [7, 11) is 0. The van der Waals surface area contributed by atoms with Crippen LogP contribution in [0.5, 0.6) is 0 Å². The van der Waals surface area contributed by atoms with E-state index in [1.54, 1.807) is 12.1 Å². The average Bonchev–Trinajstić information content (AvgIpc) is 3.46. The first-order valence-corrected chi connectivity index (χ1v) is 11.9. The molecule has 1 N–H and O–H groups in total. The highest BCUT2D eigenvalue weighted by molar-refractivity contribution is 8.14. The van der Waals surface area contributed by atoms with Crippen molar-refractivity contribution in [1.82, 2.24) is 14.5 Å². The second-order valence-corrected chi connectivity index (χ2v) is 9.34. The predicted molar refractivity (Wildman–Crippen MR) is 128 cm³/mol. The second kappa shape index (κ2) is 8.13. The summed E-state index contributed by atoms with van der Waals surface area (Å²) in [5.74, 6) is 0.153. The minimum atomic E-state index is -0.913. The number of rotatable bonds is 5. The number of hydrogen-bond donors (Lipinski definition) is 1. The van der Waals surface area contributed by atoms with Crippen molar-refractivity contribution >= 4 is 22.9 Å². The molecule has 1 fully saturated rings. The highest BCUT2D eigenvalue weighted by atomic mass is 32.2. The Hall–Kier alpha value is -3.06. The Labute approximate surface area is 192 Å². The van der Waals surface area contributed by atoms with Gasteiger partial charge in [-0.1, -0.05) is 24.8 Å². The maximum atomic E-state index is 11.3. The van der Waals surface area contributed by atoms with Gasteiger partial charge in [-0.25, -0.2) is 4.79 Å². The smallest absolute Gasteiger partial charge is 0.335 e. The summed E-state index contributed by atoms with van der Waals surface area (Å²) >= 11 is 1.85. The first-order chi connectivity index (χ1) is 15.5. The minimum Gasteiger partial charge on any atom is -0.478 e. The SMILES string of the molecule is CC[C@H]1CSC2=N[C@H](c3ccccn3)[C@@H](c3cc(C)n(-c4ccc(C(=O)O)cc4)c3C)N21. The molecule has 0 amide bonds. The van der Waals surface area contributed by atoms with E-state index in [1.807, 2.05) is 42.2 Å². The Morgan fingerprint density at radius 1 is 1.19 bits per heavy atom. The molecule has 0 unspecified atom stereocenters. The number of pyridine rings is 1. The van der Waals surface area contributed by atoms with E-state index in [0.29, 0.717) is 11.6 Å². The van der Waals surface area contributed by atoms with Crippen molar-refractivity contribution in [3.8, 4) is 5.69 Å². The number of fused-ring (bicyclic) bond motifs is 1. The van der Waals surface area contributed by atoms with Gasteiger partial charge in [0.2, 0.25) is 0 Å². The van der Waals surface area contributed by atoms with Crippen molar-refractivity contribution in [2.45, 2.75) is 45.3 Å². The van der Waals surface area contributed by atoms with Crippen molar-refractivity contribution in [2.24, 2.45) is 4.99 Å². The van der Waals surface area contributed by atoms with Gasteiger partial charge in [0.25, 0.3) is 0 Å². The molecule has 3 aromatic rings. The van der Waals surface area contributed by atoms with Gasteiger partial charge in [0, 0.05) is 35.1 Å². The predicted octanol–water partition coefficient (Wildman–Crippen LogP) is 5.17. The monoisotopic (exact) mass is 446 g/mol. The molecule has 0 bridgehead atoms. The van der Waals surface area contributed by atoms with Crippen LogP contribution in [0.15, 0.2) is 59.7 Å². The summed E-state index contributed by atoms with van der Waals surface area (Å²) in [4.78, 5) is 23.5. The van der Waals surface area contributed by atoms with E-state index < -0.39 is 5.97 Å². The minimum absolute atomic E-state index is 0.0450. The van der Waals surface area contributed by atoms with E-state index >= 15 is 0 Å². The molecule has 4 heterocycles. The van der Waals surface area contributed by atoms with Crippen molar-refractivity contribution in [2.75, 3.05) is 5.75 Å². The molecule has 5 rings (SSSR count). The topological polar surface area (TPSA) is 70.7 Å². The van der Waals surface area contributed by atoms with Crippen LogP contribution in [0.2, 0.25) is 0 Å². The maximum Gasteiger partial charge on any atom is 0.335 e. The summed E-state index contributed by atoms with van der Waals surface area (Å²) in [6.07, 6.45) is 2.92. The van der Waals surface area contributed by atoms with Crippen LogP contribution in [0, 0.1) is 13.8 Å². The van der Waals surface area contributed by atoms with Gasteiger partial charge in [0.15, 0.2) is 5.17 Å². The fraction of sp³-hybridized carbons (Fsp3) is 0.320. The molecule has 0 aliphatic carbocycles. The van der Waals surface area contributed by atoms with E-state index in [4.69, 9.17) is 4.99 Å². The third-order valence-electron chi connectivity index (χ3n) is 6.49. The first kappa shape index (κ1) is 20.8. The molecule has 2 aliphatic heterocycles. The van der Waals surface area contributed by atoms with E-state index in [9.17, 15) is 9.90 Å². The van der Waals surface area contributed by atoms with Crippen LogP contribution in [0.25, 0.3) is 5.69 Å². The molecule has 0 radical (unpaired) electrons. The second-order valence-electron chi connectivity index (χ2n) is 8.35. The van der Waals surface area contributed by atoms with Crippen LogP contribution < -0.4 is 0 Å². The normalized spacial score (nSPS) is 22.2. The highest BCUT2D eigenvalue weighted by Gasteiger charge is 2.46. The number of aryl methyl sites for hydroxylation is 1. The Morgan fingerprint density at radius 3 is 2.62 bits per heavy atom. The number of thioether (sulfide) groups is 1. The number of carbonyl (C=O) groups is 1. The zero-order chi connectivity index (χ0) is 22.4. The number of carboxylic acid groups (broad SMARTS) is 1. The van der Waals surface area contributed by atoms with Crippen LogP contribution in [0.1, 0.15) is 58.4 Å². The quantitative estimate of drug-likeness (QED) is 0.586. The first-order valence-electron chi connectivity index (χ1n) is 10.9. The van der Waals surface area contributed by atoms with Gasteiger partial charge in [-0.3, -0.25) is 9.98 Å². The number of aromatic carboxylic acids is 1. The van der Waals surface area contributed by atoms with E-state index in [0.717, 1.165) is 40.1 Å². The van der Waals surface area contributed by atoms with E-state index in [2.05, 4.69) is 47.4 Å². The number of benzene rings is 1. The van der Waals surface area contributed by atoms with E-state index in [-0.39, 0.29) is 12.1 Å². The molecular formula is C25H26N4O2S. The van der Waals surface area contributed by atoms with Crippen LogP contribution >= 0.6 is 11.8 Å². The largest absolute Gasteiger partial charge is 0.478 e. The average molecular weight is 447 g/mol. The number of hydrogen-bond acceptors (Lipinski definition) is 5. The molecule has 7 heteroatoms. The number of nitrogens with zero attached hydrogens (tertiary/aromatic N) is 4. The molecule has 0 saturated carbocycles. The lowest BCUT2D eigenvalue weighted by atomic mass is 9.95. The summed E-state index contributed by atoms with van der Waals surface area (Å²) < 4.78 is 2.21. The van der Waals surface area contributed by atoms with Crippen molar-refractivity contribution in [1.29, 1.82) is 0 Å². The summed E-state index contributed by atoms with van der Waals surface area (Å²) in [6.45, 7) is 6.49. The summed E-state index contributed by atoms with van der Waals surface area (Å²) in [5.41, 5.74) is 5.77. The van der Waals surface area contributed by atoms with E-state index in [1.165, 1.54) is 5.56 Å². The Balaban J connectivity index is 1.60. The molecule has 3 atom stereocenters. The van der Waals surface area contributed by atoms with Crippen molar-refractivity contribution in [3.63, 3.8) is 0 Å². The van der Waals surface area contributed by atoms with Gasteiger partial charge in [0.05, 0.1) is 17.3 Å². The van der Waals surface area contributed by atoms with Crippen LogP contribution in [-0.2, 0) is 0 Å². The third-order valence-corrected chi connectivity index (χ3v) is 7.62. The van der Waals surface area contributed by atoms with Crippen molar-refractivity contribution < 1.29 is 9.90 Å². The Bertz CT molecular complexity index is 1190. The number of amidine groups is 1. The van der Waals surface area contributed by atoms with Crippen LogP contribution in [-0.4, -0.2) is 42.5 Å². The van der Waals surface area contributed by atoms with Gasteiger partial charge in [-0.05, 0) is 68.3 Å². The fourth-order valence-corrected chi connectivity index (χ4v) is 6.26. The molecule has 2 aromatic heterocycles. The van der Waals surface area contributed by atoms with Gasteiger partial charge >= 0.3 is 5.97 Å². The number of carboxylic acids is 1. The lowest BCUT2D eigenvalue weighted by molar-refractivity contribution is 0.0697. The molecule has 0 spiro atoms. The molecule has 1 saturated heterocycles. The molecule has 6 nitrogen and oxygen atoms in total. The van der Waals surface area contributed by atoms with Gasteiger partial charge < -0.3 is 14.6 Å². The molecule has 2 aliphatic rings. The number of aliphatic imine (C=N–C) groups is 1. The summed E-state index contributed by atoms with van der Waals surface area (Å²) in [5, 5.41) is 10.4. The summed E-state index contributed by atoms with van der Waals surface area (Å²) in [6, 6.07) is 15.9. The van der Waals surface area contributed by atoms with Crippen molar-refractivity contribution in [3.05, 3.63) is 82.9 Å². The lowest BCUT2D eigenvalue weighted by Crippen LogP contribution is -2.35. The van der Waals surface area contributed by atoms with Crippen LogP contribution in [0.3, 0.4) is 0 Å². The maximum absolute atomic E-state index is 11.3. The van der Waals surface area contributed by atoms with Gasteiger partial charge in [-0.15, -0.1) is 0 Å². The zero-order valence-electron chi connectivity index (χ0n) is 18.4. The Kier molecular flexibility index (Phi) is 5.29. The van der Waals surface area contributed by atoms with Gasteiger partial charge in [0.1, 0.15) is 6.04 Å². The van der Waals surface area contributed by atoms with Gasteiger partial charge in [-0.2, -0.15) is 0 Å². The third kappa shape index (κ3) is 3.32. The molecular weight excluding hydrogens is 420 g/mol.